The number of halogens is 1. The summed E-state index contributed by atoms with van der Waals surface area (Å²) in [7, 11) is -0.892. The molecular weight excluding hydrogens is 969 g/mol. The summed E-state index contributed by atoms with van der Waals surface area (Å²) in [6.45, 7) is -2.41. The first-order chi connectivity index (χ1) is 28.7. The van der Waals surface area contributed by atoms with E-state index in [9.17, 15) is 0 Å². The molecule has 9 aromatic rings. The molecule has 0 unspecified atom stereocenters. The van der Waals surface area contributed by atoms with Crippen LogP contribution in [0.5, 0.6) is 0 Å². The second kappa shape index (κ2) is 23.1. The summed E-state index contributed by atoms with van der Waals surface area (Å²) < 4.78 is 0. The maximum Gasteiger partial charge on any atom is 0 e. The van der Waals surface area contributed by atoms with E-state index < -0.39 is 22.5 Å². The van der Waals surface area contributed by atoms with E-state index in [4.69, 9.17) is 11.2 Å². The molecule has 0 nitrogen and oxygen atoms in total. The molecule has 0 aliphatic carbocycles. The second-order valence-electron chi connectivity index (χ2n) is 13.4. The van der Waals surface area contributed by atoms with Crippen molar-refractivity contribution in [3.8, 4) is 0 Å². The maximum atomic E-state index is 7.25. The Kier molecular flexibility index (Phi) is 17.2. The number of rotatable bonds is 9. The van der Waals surface area contributed by atoms with Gasteiger partial charge in [-0.25, -0.2) is 0 Å². The van der Waals surface area contributed by atoms with Crippen LogP contribution in [0.15, 0.2) is 273 Å². The predicted octanol–water partition coefficient (Wildman–Crippen LogP) is 10.8. The van der Waals surface area contributed by atoms with Gasteiger partial charge in [-0.15, -0.1) is 0 Å². The first-order valence-corrected chi connectivity index (χ1v) is 25.2. The van der Waals surface area contributed by atoms with Crippen molar-refractivity contribution < 1.29 is 20.1 Å². The van der Waals surface area contributed by atoms with Gasteiger partial charge in [0.25, 0.3) is 0 Å². The second-order valence-corrected chi connectivity index (χ2v) is 22.6. The van der Waals surface area contributed by atoms with E-state index in [1.54, 1.807) is 0 Å². The molecule has 0 fully saturated rings. The van der Waals surface area contributed by atoms with Gasteiger partial charge >= 0.3 is 125 Å². The molecule has 0 aliphatic rings. The average Bonchev–Trinajstić information content (AvgIpc) is 3.32. The fourth-order valence-electron chi connectivity index (χ4n) is 6.86. The van der Waals surface area contributed by atoms with Crippen LogP contribution in [0.25, 0.3) is 0 Å². The van der Waals surface area contributed by atoms with Crippen LogP contribution in [0.4, 0.5) is 0 Å². The van der Waals surface area contributed by atoms with Gasteiger partial charge in [0, 0.05) is 20.1 Å². The van der Waals surface area contributed by atoms with E-state index in [0.717, 1.165) is 0 Å². The molecule has 0 atom stereocenters. The van der Waals surface area contributed by atoms with Gasteiger partial charge in [-0.05, 0) is 47.7 Å². The Morgan fingerprint density at radius 2 is 0.356 bits per heavy atom. The fourth-order valence-corrected chi connectivity index (χ4v) is 15.6. The van der Waals surface area contributed by atoms with Crippen molar-refractivity contribution in [1.29, 1.82) is 0 Å². The summed E-state index contributed by atoms with van der Waals surface area (Å²) >= 11 is 7.25. The minimum Gasteiger partial charge on any atom is -0.0622 e. The van der Waals surface area contributed by atoms with E-state index in [0.29, 0.717) is 0 Å². The Morgan fingerprint density at radius 1 is 0.220 bits per heavy atom. The molecule has 0 N–H and O–H groups in total. The van der Waals surface area contributed by atoms with Gasteiger partial charge in [0.15, 0.2) is 0 Å². The Morgan fingerprint density at radius 3 is 0.508 bits per heavy atom. The van der Waals surface area contributed by atoms with Gasteiger partial charge < -0.3 is 0 Å². The molecule has 5 heteroatoms. The van der Waals surface area contributed by atoms with Gasteiger partial charge in [0.1, 0.15) is 0 Å². The van der Waals surface area contributed by atoms with E-state index >= 15 is 0 Å². The fraction of sp³-hybridized carbons (Fsp3) is 0. The first-order valence-electron chi connectivity index (χ1n) is 19.5. The van der Waals surface area contributed by atoms with Gasteiger partial charge in [0.2, 0.25) is 0 Å². The smallest absolute Gasteiger partial charge is 0 e. The third-order valence-corrected chi connectivity index (χ3v) is 19.8. The number of hydrogen-bond donors (Lipinski definition) is 0. The molecular formula is C54H46ClIrP3. The van der Waals surface area contributed by atoms with Crippen LogP contribution in [-0.2, 0) is 20.1 Å². The Labute approximate surface area is 372 Å². The topological polar surface area (TPSA) is 0 Å². The first kappa shape index (κ1) is 43.8. The molecule has 0 bridgehead atoms. The molecule has 9 aromatic carbocycles. The summed E-state index contributed by atoms with van der Waals surface area (Å²) in [4.78, 5) is 0. The molecule has 1 radical (unpaired) electrons. The summed E-state index contributed by atoms with van der Waals surface area (Å²) in [6.07, 6.45) is 0. The van der Waals surface area contributed by atoms with Crippen molar-refractivity contribution in [2.45, 2.75) is 0 Å². The quantitative estimate of drug-likeness (QED) is 0.126. The molecule has 0 heterocycles. The van der Waals surface area contributed by atoms with Gasteiger partial charge in [-0.1, -0.05) is 182 Å². The molecule has 0 aliphatic heterocycles. The zero-order valence-corrected chi connectivity index (χ0v) is 38.5. The SMILES string of the molecule is Cl[PH](c1ccccc1)(c1ccccc1)c1ccccc1.[Ir].c1ccc(P(c2ccccc2)c2ccccc2)cc1.c1ccc(P(c2ccccc2)c2ccccc2)cc1. The van der Waals surface area contributed by atoms with Crippen LogP contribution in [0.2, 0.25) is 0 Å². The number of benzene rings is 9. The molecule has 0 saturated heterocycles. The van der Waals surface area contributed by atoms with Crippen LogP contribution in [0, 0.1) is 0 Å². The largest absolute Gasteiger partial charge is 0.0622 e. The van der Waals surface area contributed by atoms with Gasteiger partial charge in [-0.2, -0.15) is 0 Å². The van der Waals surface area contributed by atoms with Gasteiger partial charge in [0.05, 0.1) is 0 Å². The van der Waals surface area contributed by atoms with E-state index in [1.807, 2.05) is 18.2 Å². The third kappa shape index (κ3) is 11.7. The Hall–Kier alpha value is -4.79. The molecule has 293 valence electrons. The molecule has 0 spiro atoms. The molecule has 59 heavy (non-hydrogen) atoms. The molecule has 0 amide bonds. The van der Waals surface area contributed by atoms with E-state index in [-0.39, 0.29) is 20.1 Å². The van der Waals surface area contributed by atoms with E-state index in [1.165, 1.54) is 47.7 Å². The Bertz CT molecular complexity index is 2080. The predicted molar refractivity (Wildman–Crippen MR) is 263 cm³/mol. The van der Waals surface area contributed by atoms with Crippen molar-refractivity contribution >= 4 is 81.4 Å². The zero-order valence-electron chi connectivity index (χ0n) is 32.6. The summed E-state index contributed by atoms with van der Waals surface area (Å²) in [6, 6.07) is 95.9. The molecule has 0 saturated carbocycles. The van der Waals surface area contributed by atoms with Crippen LogP contribution in [0.1, 0.15) is 0 Å². The zero-order chi connectivity index (χ0) is 39.7. The summed E-state index contributed by atoms with van der Waals surface area (Å²) in [5.74, 6) is 0. The van der Waals surface area contributed by atoms with Crippen LogP contribution in [-0.4, -0.2) is 0 Å². The van der Waals surface area contributed by atoms with Crippen LogP contribution in [0.3, 0.4) is 0 Å². The van der Waals surface area contributed by atoms with Crippen molar-refractivity contribution in [2.24, 2.45) is 0 Å². The monoisotopic (exact) mass is 1020 g/mol. The minimum atomic E-state index is -2.41. The van der Waals surface area contributed by atoms with Crippen molar-refractivity contribution in [2.75, 3.05) is 0 Å². The molecule has 9 rings (SSSR count). The van der Waals surface area contributed by atoms with Gasteiger partial charge in [-0.3, -0.25) is 0 Å². The standard InChI is InChI=1S/C18H16ClP.2C18H15P.Ir/c19-20(16-10-4-1-5-11-16,17-12-6-2-7-13-17)18-14-8-3-9-15-18;2*1-4-10-16(11-5-1)19(17-12-6-2-7-13-17)18-14-8-3-9-15-18;/h1-15,20H;2*1-15H;. The summed E-state index contributed by atoms with van der Waals surface area (Å²) in [5, 5.41) is 12.1. The van der Waals surface area contributed by atoms with Crippen LogP contribution < -0.4 is 47.7 Å². The normalized spacial score (nSPS) is 10.9. The van der Waals surface area contributed by atoms with Crippen molar-refractivity contribution in [3.05, 3.63) is 273 Å². The number of hydrogen-bond acceptors (Lipinski definition) is 0. The van der Waals surface area contributed by atoms with Crippen LogP contribution >= 0.6 is 33.7 Å². The maximum absolute atomic E-state index is 7.25. The van der Waals surface area contributed by atoms with Crippen molar-refractivity contribution in [3.63, 3.8) is 0 Å². The minimum absolute atomic E-state index is 0. The third-order valence-electron chi connectivity index (χ3n) is 9.60. The van der Waals surface area contributed by atoms with E-state index in [2.05, 4.69) is 255 Å². The summed E-state index contributed by atoms with van der Waals surface area (Å²) in [5.41, 5.74) is 0. The molecule has 0 aromatic heterocycles. The Balaban J connectivity index is 0.000000148. The van der Waals surface area contributed by atoms with Crippen molar-refractivity contribution in [1.82, 2.24) is 0 Å². The average molecular weight is 1020 g/mol.